The van der Waals surface area contributed by atoms with Gasteiger partial charge >= 0.3 is 0 Å². The Labute approximate surface area is 111 Å². The second-order valence-corrected chi connectivity index (χ2v) is 5.49. The number of aryl methyl sites for hydroxylation is 1. The van der Waals surface area contributed by atoms with Gasteiger partial charge in [-0.1, -0.05) is 49.1 Å². The molecule has 0 aliphatic carbocycles. The SMILES string of the molecule is Cc1ccc(C(O)CN2CCCCCCC2)cc1. The molecule has 0 spiro atoms. The minimum absolute atomic E-state index is 0.343. The van der Waals surface area contributed by atoms with Crippen LogP contribution >= 0.6 is 0 Å². The van der Waals surface area contributed by atoms with Crippen molar-refractivity contribution in [2.45, 2.75) is 45.1 Å². The van der Waals surface area contributed by atoms with Gasteiger partial charge in [0.05, 0.1) is 6.10 Å². The third-order valence-electron chi connectivity index (χ3n) is 3.84. The van der Waals surface area contributed by atoms with E-state index in [9.17, 15) is 5.11 Å². The number of nitrogens with zero attached hydrogens (tertiary/aromatic N) is 1. The van der Waals surface area contributed by atoms with E-state index in [0.717, 1.165) is 25.2 Å². The molecule has 2 heteroatoms. The van der Waals surface area contributed by atoms with E-state index in [-0.39, 0.29) is 6.10 Å². The van der Waals surface area contributed by atoms with Gasteiger partial charge in [-0.2, -0.15) is 0 Å². The van der Waals surface area contributed by atoms with E-state index in [2.05, 4.69) is 24.0 Å². The molecule has 0 amide bonds. The molecule has 100 valence electrons. The molecule has 2 nitrogen and oxygen atoms in total. The van der Waals surface area contributed by atoms with Gasteiger partial charge in [0.25, 0.3) is 0 Å². The van der Waals surface area contributed by atoms with Gasteiger partial charge in [0.1, 0.15) is 0 Å². The predicted molar refractivity (Wildman–Crippen MR) is 75.7 cm³/mol. The first-order chi connectivity index (χ1) is 8.75. The van der Waals surface area contributed by atoms with Gasteiger partial charge in [-0.25, -0.2) is 0 Å². The van der Waals surface area contributed by atoms with Gasteiger partial charge in [0, 0.05) is 6.54 Å². The Morgan fingerprint density at radius 2 is 1.56 bits per heavy atom. The summed E-state index contributed by atoms with van der Waals surface area (Å²) in [5.41, 5.74) is 2.29. The maximum absolute atomic E-state index is 10.3. The molecule has 1 fully saturated rings. The van der Waals surface area contributed by atoms with Crippen molar-refractivity contribution < 1.29 is 5.11 Å². The maximum atomic E-state index is 10.3. The summed E-state index contributed by atoms with van der Waals surface area (Å²) in [6, 6.07) is 8.24. The van der Waals surface area contributed by atoms with Crippen molar-refractivity contribution in [2.24, 2.45) is 0 Å². The fourth-order valence-corrected chi connectivity index (χ4v) is 2.63. The summed E-state index contributed by atoms with van der Waals surface area (Å²) < 4.78 is 0. The minimum atomic E-state index is -0.343. The average molecular weight is 247 g/mol. The Hall–Kier alpha value is -0.860. The number of hydrogen-bond acceptors (Lipinski definition) is 2. The lowest BCUT2D eigenvalue weighted by molar-refractivity contribution is 0.108. The van der Waals surface area contributed by atoms with Crippen molar-refractivity contribution in [2.75, 3.05) is 19.6 Å². The number of rotatable bonds is 3. The molecule has 18 heavy (non-hydrogen) atoms. The maximum Gasteiger partial charge on any atom is 0.0916 e. The highest BCUT2D eigenvalue weighted by molar-refractivity contribution is 5.23. The summed E-state index contributed by atoms with van der Waals surface area (Å²) >= 11 is 0. The Bertz CT molecular complexity index is 339. The second kappa shape index (κ2) is 6.91. The summed E-state index contributed by atoms with van der Waals surface area (Å²) in [5.74, 6) is 0. The van der Waals surface area contributed by atoms with Gasteiger partial charge in [-0.15, -0.1) is 0 Å². The van der Waals surface area contributed by atoms with Crippen LogP contribution in [0.5, 0.6) is 0 Å². The highest BCUT2D eigenvalue weighted by atomic mass is 16.3. The van der Waals surface area contributed by atoms with Crippen LogP contribution in [0.2, 0.25) is 0 Å². The molecule has 1 atom stereocenters. The molecular weight excluding hydrogens is 222 g/mol. The van der Waals surface area contributed by atoms with Crippen LogP contribution in [0.3, 0.4) is 0 Å². The summed E-state index contributed by atoms with van der Waals surface area (Å²) in [5, 5.41) is 10.3. The van der Waals surface area contributed by atoms with E-state index >= 15 is 0 Å². The molecule has 2 rings (SSSR count). The van der Waals surface area contributed by atoms with Gasteiger partial charge in [-0.3, -0.25) is 0 Å². The van der Waals surface area contributed by atoms with Crippen molar-refractivity contribution >= 4 is 0 Å². The van der Waals surface area contributed by atoms with Crippen LogP contribution < -0.4 is 0 Å². The number of likely N-dealkylation sites (tertiary alicyclic amines) is 1. The fourth-order valence-electron chi connectivity index (χ4n) is 2.63. The van der Waals surface area contributed by atoms with Crippen LogP contribution in [0.1, 0.15) is 49.3 Å². The van der Waals surface area contributed by atoms with Crippen LogP contribution in [-0.2, 0) is 0 Å². The van der Waals surface area contributed by atoms with Crippen LogP contribution in [0.4, 0.5) is 0 Å². The van der Waals surface area contributed by atoms with E-state index in [0.29, 0.717) is 0 Å². The Balaban J connectivity index is 1.88. The first kappa shape index (κ1) is 13.6. The van der Waals surface area contributed by atoms with Crippen LogP contribution in [-0.4, -0.2) is 29.6 Å². The Morgan fingerprint density at radius 1 is 1.00 bits per heavy atom. The average Bonchev–Trinajstić information content (AvgIpc) is 2.33. The molecule has 1 saturated heterocycles. The van der Waals surface area contributed by atoms with Crippen LogP contribution in [0.25, 0.3) is 0 Å². The summed E-state index contributed by atoms with van der Waals surface area (Å²) in [7, 11) is 0. The van der Waals surface area contributed by atoms with Crippen molar-refractivity contribution in [1.29, 1.82) is 0 Å². The van der Waals surface area contributed by atoms with E-state index in [1.807, 2.05) is 12.1 Å². The smallest absolute Gasteiger partial charge is 0.0916 e. The molecule has 1 unspecified atom stereocenters. The minimum Gasteiger partial charge on any atom is -0.387 e. The molecule has 0 radical (unpaired) electrons. The normalized spacial score (nSPS) is 20.1. The predicted octanol–water partition coefficient (Wildman–Crippen LogP) is 3.29. The number of aliphatic hydroxyl groups excluding tert-OH is 1. The molecule has 0 bridgehead atoms. The van der Waals surface area contributed by atoms with E-state index in [1.54, 1.807) is 0 Å². The van der Waals surface area contributed by atoms with Crippen molar-refractivity contribution in [3.63, 3.8) is 0 Å². The number of benzene rings is 1. The fraction of sp³-hybridized carbons (Fsp3) is 0.625. The molecule has 1 heterocycles. The Morgan fingerprint density at radius 3 is 2.17 bits per heavy atom. The molecule has 1 aliphatic rings. The van der Waals surface area contributed by atoms with Gasteiger partial charge in [0.2, 0.25) is 0 Å². The molecule has 1 N–H and O–H groups in total. The number of hydrogen-bond donors (Lipinski definition) is 1. The second-order valence-electron chi connectivity index (χ2n) is 5.49. The lowest BCUT2D eigenvalue weighted by atomic mass is 10.1. The zero-order valence-corrected chi connectivity index (χ0v) is 11.4. The quantitative estimate of drug-likeness (QED) is 0.886. The van der Waals surface area contributed by atoms with Crippen molar-refractivity contribution in [3.8, 4) is 0 Å². The standard InChI is InChI=1S/C16H25NO/c1-14-7-9-15(10-8-14)16(18)13-17-11-5-3-2-4-6-12-17/h7-10,16,18H,2-6,11-13H2,1H3. The molecule has 0 saturated carbocycles. The zero-order valence-electron chi connectivity index (χ0n) is 11.4. The van der Waals surface area contributed by atoms with Crippen molar-refractivity contribution in [3.05, 3.63) is 35.4 Å². The summed E-state index contributed by atoms with van der Waals surface area (Å²) in [6.07, 6.45) is 6.29. The van der Waals surface area contributed by atoms with E-state index in [1.165, 1.54) is 37.7 Å². The van der Waals surface area contributed by atoms with Gasteiger partial charge < -0.3 is 10.0 Å². The zero-order chi connectivity index (χ0) is 12.8. The Kier molecular flexibility index (Phi) is 5.21. The summed E-state index contributed by atoms with van der Waals surface area (Å²) in [6.45, 7) is 5.14. The third kappa shape index (κ3) is 4.11. The molecule has 1 aromatic rings. The summed E-state index contributed by atoms with van der Waals surface area (Å²) in [4.78, 5) is 2.42. The largest absolute Gasteiger partial charge is 0.387 e. The third-order valence-corrected chi connectivity index (χ3v) is 3.84. The lowest BCUT2D eigenvalue weighted by Crippen LogP contribution is -2.31. The van der Waals surface area contributed by atoms with Crippen molar-refractivity contribution in [1.82, 2.24) is 4.90 Å². The highest BCUT2D eigenvalue weighted by Crippen LogP contribution is 2.17. The van der Waals surface area contributed by atoms with E-state index < -0.39 is 0 Å². The first-order valence-corrected chi connectivity index (χ1v) is 7.23. The lowest BCUT2D eigenvalue weighted by Gasteiger charge is -2.26. The molecular formula is C16H25NO. The molecule has 0 aromatic heterocycles. The monoisotopic (exact) mass is 247 g/mol. The first-order valence-electron chi connectivity index (χ1n) is 7.23. The van der Waals surface area contributed by atoms with Crippen LogP contribution in [0.15, 0.2) is 24.3 Å². The molecule has 1 aliphatic heterocycles. The van der Waals surface area contributed by atoms with E-state index in [4.69, 9.17) is 0 Å². The molecule has 1 aromatic carbocycles. The van der Waals surface area contributed by atoms with Crippen LogP contribution in [0, 0.1) is 6.92 Å². The van der Waals surface area contributed by atoms with Gasteiger partial charge in [0.15, 0.2) is 0 Å². The number of aliphatic hydroxyl groups is 1. The number of β-amino-alcohol motifs (C(OH)–C–C–N with tert-alkyl or cyclic N) is 1. The van der Waals surface area contributed by atoms with Gasteiger partial charge in [-0.05, 0) is 38.4 Å². The highest BCUT2D eigenvalue weighted by Gasteiger charge is 2.14. The topological polar surface area (TPSA) is 23.5 Å².